The number of piperidine rings is 1. The van der Waals surface area contributed by atoms with Gasteiger partial charge >= 0.3 is 6.18 Å². The minimum Gasteiger partial charge on any atom is -0.355 e. The number of benzene rings is 1. The molecular formula is C12H12F4N2O3S. The van der Waals surface area contributed by atoms with E-state index >= 15 is 0 Å². The molecule has 1 aliphatic heterocycles. The predicted octanol–water partition coefficient (Wildman–Crippen LogP) is 1.40. The number of hydrogen-bond acceptors (Lipinski definition) is 3. The summed E-state index contributed by atoms with van der Waals surface area (Å²) in [5, 5.41) is 2.41. The number of sulfonamides is 1. The lowest BCUT2D eigenvalue weighted by molar-refractivity contribution is -0.140. The Kier molecular flexibility index (Phi) is 4.43. The van der Waals surface area contributed by atoms with Crippen LogP contribution >= 0.6 is 0 Å². The van der Waals surface area contributed by atoms with Gasteiger partial charge in [0.15, 0.2) is 0 Å². The summed E-state index contributed by atoms with van der Waals surface area (Å²) in [6.07, 6.45) is -4.76. The SMILES string of the molecule is O=C1CC[C@H](NS(=O)(=O)c2ccc(F)cc2C(F)(F)F)CN1. The van der Waals surface area contributed by atoms with E-state index < -0.39 is 38.5 Å². The van der Waals surface area contributed by atoms with Gasteiger partial charge in [0.1, 0.15) is 5.82 Å². The molecule has 1 fully saturated rings. The second kappa shape index (κ2) is 5.84. The molecule has 122 valence electrons. The third kappa shape index (κ3) is 3.74. The van der Waals surface area contributed by atoms with Crippen LogP contribution in [0.2, 0.25) is 0 Å². The van der Waals surface area contributed by atoms with E-state index in [1.807, 2.05) is 0 Å². The highest BCUT2D eigenvalue weighted by Gasteiger charge is 2.38. The fourth-order valence-corrected chi connectivity index (χ4v) is 3.55. The minimum atomic E-state index is -5.01. The molecule has 1 saturated heterocycles. The van der Waals surface area contributed by atoms with Gasteiger partial charge in [-0.1, -0.05) is 0 Å². The number of carbonyl (C=O) groups is 1. The summed E-state index contributed by atoms with van der Waals surface area (Å²) < 4.78 is 78.0. The van der Waals surface area contributed by atoms with Crippen molar-refractivity contribution >= 4 is 15.9 Å². The van der Waals surface area contributed by atoms with Gasteiger partial charge in [-0.25, -0.2) is 17.5 Å². The maximum Gasteiger partial charge on any atom is 0.417 e. The summed E-state index contributed by atoms with van der Waals surface area (Å²) >= 11 is 0. The Hall–Kier alpha value is -1.68. The summed E-state index contributed by atoms with van der Waals surface area (Å²) in [6.45, 7) is -0.0133. The van der Waals surface area contributed by atoms with E-state index in [4.69, 9.17) is 0 Å². The van der Waals surface area contributed by atoms with Crippen molar-refractivity contribution in [3.63, 3.8) is 0 Å². The van der Waals surface area contributed by atoms with Gasteiger partial charge in [0.2, 0.25) is 15.9 Å². The van der Waals surface area contributed by atoms with Crippen molar-refractivity contribution in [2.45, 2.75) is 30.0 Å². The first-order valence-corrected chi connectivity index (χ1v) is 7.74. The molecule has 0 saturated carbocycles. The molecule has 2 rings (SSSR count). The Balaban J connectivity index is 2.32. The lowest BCUT2D eigenvalue weighted by atomic mass is 10.1. The van der Waals surface area contributed by atoms with Gasteiger partial charge in [-0.3, -0.25) is 4.79 Å². The lowest BCUT2D eigenvalue weighted by Crippen LogP contribution is -2.47. The molecule has 1 atom stereocenters. The fourth-order valence-electron chi connectivity index (χ4n) is 2.07. The first-order valence-electron chi connectivity index (χ1n) is 6.25. The number of halogens is 4. The zero-order chi connectivity index (χ0) is 16.5. The Morgan fingerprint density at radius 1 is 1.27 bits per heavy atom. The Morgan fingerprint density at radius 3 is 2.50 bits per heavy atom. The fraction of sp³-hybridized carbons (Fsp3) is 0.417. The molecule has 1 amide bonds. The molecule has 5 nitrogen and oxygen atoms in total. The predicted molar refractivity (Wildman–Crippen MR) is 67.8 cm³/mol. The Labute approximate surface area is 123 Å². The van der Waals surface area contributed by atoms with Crippen molar-refractivity contribution in [2.75, 3.05) is 6.54 Å². The summed E-state index contributed by atoms with van der Waals surface area (Å²) in [5.41, 5.74) is -1.57. The third-order valence-electron chi connectivity index (χ3n) is 3.12. The number of alkyl halides is 3. The van der Waals surface area contributed by atoms with Gasteiger partial charge in [-0.15, -0.1) is 0 Å². The topological polar surface area (TPSA) is 75.3 Å². The van der Waals surface area contributed by atoms with E-state index in [0.29, 0.717) is 12.1 Å². The Bertz CT molecular complexity index is 678. The number of carbonyl (C=O) groups excluding carboxylic acids is 1. The van der Waals surface area contributed by atoms with Crippen molar-refractivity contribution in [3.05, 3.63) is 29.6 Å². The van der Waals surface area contributed by atoms with Crippen LogP contribution in [0.25, 0.3) is 0 Å². The molecule has 1 heterocycles. The van der Waals surface area contributed by atoms with E-state index in [1.165, 1.54) is 0 Å². The maximum atomic E-state index is 13.0. The number of nitrogens with one attached hydrogen (secondary N) is 2. The highest BCUT2D eigenvalue weighted by molar-refractivity contribution is 7.89. The minimum absolute atomic E-state index is 0.0133. The molecule has 0 bridgehead atoms. The molecule has 22 heavy (non-hydrogen) atoms. The summed E-state index contributed by atoms with van der Waals surface area (Å²) in [5.74, 6) is -1.44. The zero-order valence-corrected chi connectivity index (χ0v) is 11.9. The lowest BCUT2D eigenvalue weighted by Gasteiger charge is -2.24. The van der Waals surface area contributed by atoms with Crippen LogP contribution in [0, 0.1) is 5.82 Å². The van der Waals surface area contributed by atoms with Crippen molar-refractivity contribution < 1.29 is 30.8 Å². The molecule has 1 aliphatic rings. The van der Waals surface area contributed by atoms with Gasteiger partial charge in [0, 0.05) is 19.0 Å². The smallest absolute Gasteiger partial charge is 0.355 e. The summed E-state index contributed by atoms with van der Waals surface area (Å²) in [4.78, 5) is 9.95. The molecule has 1 aromatic rings. The van der Waals surface area contributed by atoms with Crippen LogP contribution in [0.15, 0.2) is 23.1 Å². The normalized spacial score (nSPS) is 19.8. The third-order valence-corrected chi connectivity index (χ3v) is 4.70. The Morgan fingerprint density at radius 2 is 1.95 bits per heavy atom. The van der Waals surface area contributed by atoms with Crippen LogP contribution < -0.4 is 10.0 Å². The van der Waals surface area contributed by atoms with Crippen LogP contribution in [-0.4, -0.2) is 26.9 Å². The molecule has 0 aromatic heterocycles. The first kappa shape index (κ1) is 16.7. The van der Waals surface area contributed by atoms with Crippen LogP contribution in [0.4, 0.5) is 17.6 Å². The van der Waals surface area contributed by atoms with Crippen LogP contribution in [0.1, 0.15) is 18.4 Å². The molecule has 2 N–H and O–H groups in total. The van der Waals surface area contributed by atoms with Crippen molar-refractivity contribution in [1.82, 2.24) is 10.0 Å². The average Bonchev–Trinajstić information content (AvgIpc) is 2.40. The number of amides is 1. The monoisotopic (exact) mass is 340 g/mol. The number of hydrogen-bond donors (Lipinski definition) is 2. The van der Waals surface area contributed by atoms with Gasteiger partial charge in [0.05, 0.1) is 10.5 Å². The van der Waals surface area contributed by atoms with Crippen molar-refractivity contribution in [1.29, 1.82) is 0 Å². The van der Waals surface area contributed by atoms with Crippen LogP contribution in [0.3, 0.4) is 0 Å². The van der Waals surface area contributed by atoms with E-state index in [-0.39, 0.29) is 31.4 Å². The maximum absolute atomic E-state index is 13.0. The highest BCUT2D eigenvalue weighted by Crippen LogP contribution is 2.34. The van der Waals surface area contributed by atoms with E-state index in [0.717, 1.165) is 0 Å². The van der Waals surface area contributed by atoms with Gasteiger partial charge < -0.3 is 5.32 Å². The molecule has 10 heteroatoms. The van der Waals surface area contributed by atoms with E-state index in [1.54, 1.807) is 0 Å². The number of rotatable bonds is 3. The van der Waals surface area contributed by atoms with E-state index in [2.05, 4.69) is 10.0 Å². The van der Waals surface area contributed by atoms with Crippen molar-refractivity contribution in [2.24, 2.45) is 0 Å². The summed E-state index contributed by atoms with van der Waals surface area (Å²) in [7, 11) is -4.50. The highest BCUT2D eigenvalue weighted by atomic mass is 32.2. The molecule has 0 aliphatic carbocycles. The average molecular weight is 340 g/mol. The van der Waals surface area contributed by atoms with E-state index in [9.17, 15) is 30.8 Å². The van der Waals surface area contributed by atoms with Gasteiger partial charge in [0.25, 0.3) is 0 Å². The van der Waals surface area contributed by atoms with Crippen molar-refractivity contribution in [3.8, 4) is 0 Å². The molecule has 0 spiro atoms. The molecular weight excluding hydrogens is 328 g/mol. The largest absolute Gasteiger partial charge is 0.417 e. The molecule has 1 aromatic carbocycles. The second-order valence-electron chi connectivity index (χ2n) is 4.80. The van der Waals surface area contributed by atoms with Crippen LogP contribution in [-0.2, 0) is 21.0 Å². The first-order chi connectivity index (χ1) is 10.1. The standard InChI is InChI=1S/C12H12F4N2O3S/c13-7-1-3-10(9(5-7)12(14,15)16)22(20,21)18-8-2-4-11(19)17-6-8/h1,3,5,8,18H,2,4,6H2,(H,17,19)/t8-/m0/s1. The van der Waals surface area contributed by atoms with Gasteiger partial charge in [-0.2, -0.15) is 13.2 Å². The zero-order valence-electron chi connectivity index (χ0n) is 11.1. The quantitative estimate of drug-likeness (QED) is 0.817. The molecule has 0 unspecified atom stereocenters. The molecule has 0 radical (unpaired) electrons. The van der Waals surface area contributed by atoms with Crippen LogP contribution in [0.5, 0.6) is 0 Å². The van der Waals surface area contributed by atoms with Gasteiger partial charge in [-0.05, 0) is 24.6 Å². The second-order valence-corrected chi connectivity index (χ2v) is 6.48. The summed E-state index contributed by atoms with van der Waals surface area (Å²) in [6, 6.07) is 0.639.